The van der Waals surface area contributed by atoms with Crippen molar-refractivity contribution in [2.75, 3.05) is 24.2 Å². The molecule has 9 heteroatoms. The van der Waals surface area contributed by atoms with Crippen LogP contribution in [0.5, 0.6) is 0 Å². The third-order valence-corrected chi connectivity index (χ3v) is 6.53. The standard InChI is InChI=1S/C28H25F2N5O2/c1-16(17-7-9-19(29)10-8-17)27(36)34-23-15-18(11-13-31-23)25-26(32-21-6-4-3-5-20(21)30)24-22(33-25)12-14-35(2)28(24)37/h3-11,13,15-16,32-33H,12,14H2,1-2H3,(H,31,34,36). The number of nitrogens with zero attached hydrogens (tertiary/aromatic N) is 2. The Morgan fingerprint density at radius 3 is 2.62 bits per heavy atom. The average Bonchev–Trinajstić information content (AvgIpc) is 3.26. The molecule has 7 nitrogen and oxygen atoms in total. The second-order valence-electron chi connectivity index (χ2n) is 9.00. The lowest BCUT2D eigenvalue weighted by molar-refractivity contribution is -0.117. The van der Waals surface area contributed by atoms with Gasteiger partial charge in [0.1, 0.15) is 17.5 Å². The van der Waals surface area contributed by atoms with Crippen molar-refractivity contribution < 1.29 is 18.4 Å². The number of rotatable bonds is 6. The first-order valence-electron chi connectivity index (χ1n) is 11.9. The summed E-state index contributed by atoms with van der Waals surface area (Å²) in [5, 5.41) is 5.92. The Bertz CT molecular complexity index is 1480. The number of aromatic amines is 1. The maximum atomic E-state index is 14.5. The zero-order valence-electron chi connectivity index (χ0n) is 20.3. The maximum Gasteiger partial charge on any atom is 0.257 e. The van der Waals surface area contributed by atoms with E-state index in [2.05, 4.69) is 20.6 Å². The van der Waals surface area contributed by atoms with Crippen molar-refractivity contribution in [2.24, 2.45) is 0 Å². The number of nitrogens with one attached hydrogen (secondary N) is 3. The number of aromatic nitrogens is 2. The van der Waals surface area contributed by atoms with Gasteiger partial charge < -0.3 is 20.5 Å². The van der Waals surface area contributed by atoms with E-state index in [-0.39, 0.29) is 23.3 Å². The van der Waals surface area contributed by atoms with Gasteiger partial charge in [0.25, 0.3) is 5.91 Å². The lowest BCUT2D eigenvalue weighted by Crippen LogP contribution is -2.34. The molecule has 1 aliphatic heterocycles. The van der Waals surface area contributed by atoms with Crippen LogP contribution in [0.3, 0.4) is 0 Å². The molecule has 37 heavy (non-hydrogen) atoms. The summed E-state index contributed by atoms with van der Waals surface area (Å²) < 4.78 is 27.8. The molecule has 0 spiro atoms. The number of H-pyrrole nitrogens is 1. The van der Waals surface area contributed by atoms with Crippen molar-refractivity contribution >= 4 is 29.0 Å². The van der Waals surface area contributed by atoms with Crippen LogP contribution in [0, 0.1) is 11.6 Å². The summed E-state index contributed by atoms with van der Waals surface area (Å²) >= 11 is 0. The van der Waals surface area contributed by atoms with Crippen LogP contribution < -0.4 is 10.6 Å². The van der Waals surface area contributed by atoms with Crippen molar-refractivity contribution in [1.29, 1.82) is 0 Å². The van der Waals surface area contributed by atoms with Crippen LogP contribution in [0.1, 0.15) is 34.5 Å². The molecule has 2 aromatic heterocycles. The molecule has 1 unspecified atom stereocenters. The summed E-state index contributed by atoms with van der Waals surface area (Å²) in [4.78, 5) is 35.2. The van der Waals surface area contributed by atoms with Gasteiger partial charge in [-0.1, -0.05) is 24.3 Å². The summed E-state index contributed by atoms with van der Waals surface area (Å²) in [5.41, 5.74) is 3.82. The first kappa shape index (κ1) is 24.2. The second-order valence-corrected chi connectivity index (χ2v) is 9.00. The molecular weight excluding hydrogens is 476 g/mol. The Morgan fingerprint density at radius 2 is 1.86 bits per heavy atom. The molecule has 4 aromatic rings. The van der Waals surface area contributed by atoms with Crippen LogP contribution >= 0.6 is 0 Å². The zero-order valence-corrected chi connectivity index (χ0v) is 20.3. The summed E-state index contributed by atoms with van der Waals surface area (Å²) in [6, 6.07) is 15.5. The Hall–Kier alpha value is -4.53. The predicted octanol–water partition coefficient (Wildman–Crippen LogP) is 5.47. The van der Waals surface area contributed by atoms with E-state index in [0.717, 1.165) is 5.69 Å². The minimum absolute atomic E-state index is 0.168. The molecule has 5 rings (SSSR count). The maximum absolute atomic E-state index is 14.5. The number of para-hydroxylation sites is 1. The fourth-order valence-corrected chi connectivity index (χ4v) is 4.38. The number of anilines is 3. The number of carbonyl (C=O) groups is 2. The molecule has 0 aliphatic carbocycles. The Balaban J connectivity index is 1.49. The molecule has 3 N–H and O–H groups in total. The van der Waals surface area contributed by atoms with E-state index in [9.17, 15) is 18.4 Å². The lowest BCUT2D eigenvalue weighted by Gasteiger charge is -2.23. The molecule has 0 bridgehead atoms. The quantitative estimate of drug-likeness (QED) is 0.327. The molecular formula is C28H25F2N5O2. The van der Waals surface area contributed by atoms with Crippen molar-refractivity contribution in [1.82, 2.24) is 14.9 Å². The van der Waals surface area contributed by atoms with E-state index < -0.39 is 11.7 Å². The van der Waals surface area contributed by atoms with Crippen LogP contribution in [0.2, 0.25) is 0 Å². The van der Waals surface area contributed by atoms with Gasteiger partial charge in [0.15, 0.2) is 0 Å². The Morgan fingerprint density at radius 1 is 1.11 bits per heavy atom. The smallest absolute Gasteiger partial charge is 0.257 e. The second kappa shape index (κ2) is 9.85. The van der Waals surface area contributed by atoms with Crippen LogP contribution in [0.15, 0.2) is 66.9 Å². The van der Waals surface area contributed by atoms with E-state index in [1.165, 1.54) is 18.2 Å². The van der Waals surface area contributed by atoms with E-state index in [0.29, 0.717) is 46.9 Å². The number of pyridine rings is 1. The number of halogens is 2. The third-order valence-electron chi connectivity index (χ3n) is 6.53. The molecule has 0 fully saturated rings. The van der Waals surface area contributed by atoms with Crippen molar-refractivity contribution in [3.05, 3.63) is 95.3 Å². The molecule has 1 aliphatic rings. The minimum Gasteiger partial charge on any atom is -0.356 e. The summed E-state index contributed by atoms with van der Waals surface area (Å²) in [6.07, 6.45) is 2.17. The fourth-order valence-electron chi connectivity index (χ4n) is 4.38. The fraction of sp³-hybridized carbons (Fsp3) is 0.179. The monoisotopic (exact) mass is 501 g/mol. The molecule has 2 amide bonds. The molecule has 1 atom stereocenters. The highest BCUT2D eigenvalue weighted by molar-refractivity contribution is 6.06. The number of hydrogen-bond acceptors (Lipinski definition) is 4. The van der Waals surface area contributed by atoms with Gasteiger partial charge in [0.2, 0.25) is 5.91 Å². The van der Waals surface area contributed by atoms with Gasteiger partial charge in [0.05, 0.1) is 28.6 Å². The SMILES string of the molecule is CC(C(=O)Nc1cc(-c2[nH]c3c(c2Nc2ccccc2F)C(=O)N(C)CC3)ccn1)c1ccc(F)cc1. The van der Waals surface area contributed by atoms with Crippen LogP contribution in [0.25, 0.3) is 11.3 Å². The van der Waals surface area contributed by atoms with E-state index in [1.807, 2.05) is 0 Å². The average molecular weight is 502 g/mol. The molecule has 0 saturated heterocycles. The van der Waals surface area contributed by atoms with E-state index in [1.54, 1.807) is 67.5 Å². The largest absolute Gasteiger partial charge is 0.356 e. The van der Waals surface area contributed by atoms with Gasteiger partial charge in [0, 0.05) is 37.5 Å². The highest BCUT2D eigenvalue weighted by atomic mass is 19.1. The van der Waals surface area contributed by atoms with Gasteiger partial charge in [-0.25, -0.2) is 13.8 Å². The van der Waals surface area contributed by atoms with Crippen molar-refractivity contribution in [3.63, 3.8) is 0 Å². The van der Waals surface area contributed by atoms with Gasteiger partial charge in [-0.15, -0.1) is 0 Å². The van der Waals surface area contributed by atoms with Gasteiger partial charge in [-0.3, -0.25) is 9.59 Å². The summed E-state index contributed by atoms with van der Waals surface area (Å²) in [7, 11) is 1.73. The lowest BCUT2D eigenvalue weighted by atomic mass is 10.0. The van der Waals surface area contributed by atoms with E-state index in [4.69, 9.17) is 0 Å². The van der Waals surface area contributed by atoms with Crippen molar-refractivity contribution in [2.45, 2.75) is 19.3 Å². The predicted molar refractivity (Wildman–Crippen MR) is 138 cm³/mol. The third kappa shape index (κ3) is 4.80. The summed E-state index contributed by atoms with van der Waals surface area (Å²) in [6.45, 7) is 2.29. The topological polar surface area (TPSA) is 90.1 Å². The molecule has 188 valence electrons. The minimum atomic E-state index is -0.532. The highest BCUT2D eigenvalue weighted by Crippen LogP contribution is 2.38. The first-order chi connectivity index (χ1) is 17.8. The van der Waals surface area contributed by atoms with Crippen LogP contribution in [-0.4, -0.2) is 40.3 Å². The first-order valence-corrected chi connectivity index (χ1v) is 11.9. The highest BCUT2D eigenvalue weighted by Gasteiger charge is 2.30. The molecule has 3 heterocycles. The van der Waals surface area contributed by atoms with Gasteiger partial charge in [-0.2, -0.15) is 0 Å². The molecule has 0 radical (unpaired) electrons. The van der Waals surface area contributed by atoms with Gasteiger partial charge >= 0.3 is 0 Å². The Labute approximate surface area is 212 Å². The number of amides is 2. The number of likely N-dealkylation sites (N-methyl/N-ethyl adjacent to an activating group) is 1. The summed E-state index contributed by atoms with van der Waals surface area (Å²) in [5.74, 6) is -1.51. The van der Waals surface area contributed by atoms with Crippen LogP contribution in [0.4, 0.5) is 26.0 Å². The normalized spacial score (nSPS) is 13.7. The van der Waals surface area contributed by atoms with E-state index >= 15 is 0 Å². The van der Waals surface area contributed by atoms with Gasteiger partial charge in [-0.05, 0) is 48.9 Å². The van der Waals surface area contributed by atoms with Crippen molar-refractivity contribution in [3.8, 4) is 11.3 Å². The molecule has 2 aromatic carbocycles. The number of fused-ring (bicyclic) bond motifs is 1. The molecule has 0 saturated carbocycles. The number of carbonyl (C=O) groups excluding carboxylic acids is 2. The number of hydrogen-bond donors (Lipinski definition) is 3. The zero-order chi connectivity index (χ0) is 26.1. The Kier molecular flexibility index (Phi) is 6.43. The number of benzene rings is 2. The van der Waals surface area contributed by atoms with Crippen LogP contribution in [-0.2, 0) is 11.2 Å².